The summed E-state index contributed by atoms with van der Waals surface area (Å²) in [5.74, 6) is 0.571. The zero-order chi connectivity index (χ0) is 11.4. The normalized spacial score (nSPS) is 10.1. The molecule has 1 aromatic heterocycles. The fraction of sp³-hybridized carbons (Fsp3) is 0.231. The van der Waals surface area contributed by atoms with Crippen LogP contribution in [0.2, 0.25) is 0 Å². The highest BCUT2D eigenvalue weighted by Gasteiger charge is 1.98. The minimum Gasteiger partial charge on any atom is -0.472 e. The molecule has 3 nitrogen and oxygen atoms in total. The Morgan fingerprint density at radius 3 is 2.75 bits per heavy atom. The summed E-state index contributed by atoms with van der Waals surface area (Å²) in [6.07, 6.45) is 1.71. The molecule has 0 radical (unpaired) electrons. The molecule has 1 aromatic carbocycles. The quantitative estimate of drug-likeness (QED) is 0.787. The predicted molar refractivity (Wildman–Crippen MR) is 62.3 cm³/mol. The number of nitrogens with zero attached hydrogens (tertiary/aromatic N) is 2. The van der Waals surface area contributed by atoms with Crippen molar-refractivity contribution in [3.05, 3.63) is 53.2 Å². The van der Waals surface area contributed by atoms with Gasteiger partial charge in [0.1, 0.15) is 6.61 Å². The monoisotopic (exact) mass is 214 g/mol. The van der Waals surface area contributed by atoms with Crippen LogP contribution in [-0.4, -0.2) is 10.2 Å². The maximum atomic E-state index is 5.55. The smallest absolute Gasteiger partial charge is 0.233 e. The highest BCUT2D eigenvalue weighted by atomic mass is 16.5. The van der Waals surface area contributed by atoms with Crippen molar-refractivity contribution in [2.24, 2.45) is 0 Å². The molecule has 3 heteroatoms. The van der Waals surface area contributed by atoms with Crippen LogP contribution in [-0.2, 0) is 6.61 Å². The first-order chi connectivity index (χ1) is 7.74. The van der Waals surface area contributed by atoms with Gasteiger partial charge in [0, 0.05) is 6.07 Å². The summed E-state index contributed by atoms with van der Waals surface area (Å²) in [5.41, 5.74) is 3.42. The molecule has 0 N–H and O–H groups in total. The molecule has 0 bridgehead atoms. The first-order valence-corrected chi connectivity index (χ1v) is 5.22. The fourth-order valence-corrected chi connectivity index (χ4v) is 1.47. The van der Waals surface area contributed by atoms with Crippen LogP contribution in [0.25, 0.3) is 0 Å². The van der Waals surface area contributed by atoms with Crippen molar-refractivity contribution in [3.8, 4) is 5.88 Å². The third kappa shape index (κ3) is 2.79. The summed E-state index contributed by atoms with van der Waals surface area (Å²) in [5, 5.41) is 7.74. The first-order valence-electron chi connectivity index (χ1n) is 5.22. The maximum Gasteiger partial charge on any atom is 0.233 e. The lowest BCUT2D eigenvalue weighted by atomic mass is 10.1. The summed E-state index contributed by atoms with van der Waals surface area (Å²) in [7, 11) is 0. The van der Waals surface area contributed by atoms with Gasteiger partial charge in [0.25, 0.3) is 0 Å². The van der Waals surface area contributed by atoms with Gasteiger partial charge < -0.3 is 4.74 Å². The minimum absolute atomic E-state index is 0.528. The zero-order valence-corrected chi connectivity index (χ0v) is 9.47. The van der Waals surface area contributed by atoms with Gasteiger partial charge in [0.05, 0.1) is 6.20 Å². The number of hydrogen-bond acceptors (Lipinski definition) is 3. The van der Waals surface area contributed by atoms with E-state index in [1.54, 1.807) is 6.20 Å². The number of hydrogen-bond donors (Lipinski definition) is 0. The van der Waals surface area contributed by atoms with E-state index in [2.05, 4.69) is 29.3 Å². The zero-order valence-electron chi connectivity index (χ0n) is 9.47. The maximum absolute atomic E-state index is 5.55. The van der Waals surface area contributed by atoms with Gasteiger partial charge >= 0.3 is 0 Å². The topological polar surface area (TPSA) is 35.0 Å². The van der Waals surface area contributed by atoms with Crippen molar-refractivity contribution in [1.82, 2.24) is 10.2 Å². The van der Waals surface area contributed by atoms with E-state index in [1.165, 1.54) is 5.56 Å². The van der Waals surface area contributed by atoms with E-state index in [1.807, 2.05) is 25.1 Å². The molecule has 0 amide bonds. The Morgan fingerprint density at radius 1 is 1.12 bits per heavy atom. The van der Waals surface area contributed by atoms with Gasteiger partial charge in [-0.25, -0.2) is 0 Å². The molecular weight excluding hydrogens is 200 g/mol. The number of aromatic nitrogens is 2. The molecule has 0 atom stereocenters. The van der Waals surface area contributed by atoms with Crippen LogP contribution in [0.3, 0.4) is 0 Å². The van der Waals surface area contributed by atoms with Gasteiger partial charge in [0.2, 0.25) is 5.88 Å². The van der Waals surface area contributed by atoms with Crippen molar-refractivity contribution in [3.63, 3.8) is 0 Å². The van der Waals surface area contributed by atoms with Crippen molar-refractivity contribution < 1.29 is 4.74 Å². The molecule has 0 saturated carbocycles. The summed E-state index contributed by atoms with van der Waals surface area (Å²) in [4.78, 5) is 0. The average molecular weight is 214 g/mol. The predicted octanol–water partition coefficient (Wildman–Crippen LogP) is 2.67. The van der Waals surface area contributed by atoms with E-state index < -0.39 is 0 Å². The van der Waals surface area contributed by atoms with Gasteiger partial charge in [-0.05, 0) is 25.0 Å². The molecule has 0 saturated heterocycles. The van der Waals surface area contributed by atoms with E-state index in [0.29, 0.717) is 12.5 Å². The molecule has 0 spiro atoms. The van der Waals surface area contributed by atoms with Crippen molar-refractivity contribution >= 4 is 0 Å². The largest absolute Gasteiger partial charge is 0.472 e. The molecule has 2 rings (SSSR count). The molecule has 82 valence electrons. The summed E-state index contributed by atoms with van der Waals surface area (Å²) < 4.78 is 5.55. The van der Waals surface area contributed by atoms with E-state index in [-0.39, 0.29) is 0 Å². The van der Waals surface area contributed by atoms with Gasteiger partial charge in [-0.2, -0.15) is 5.10 Å². The van der Waals surface area contributed by atoms with E-state index in [0.717, 1.165) is 11.1 Å². The fourth-order valence-electron chi connectivity index (χ4n) is 1.47. The summed E-state index contributed by atoms with van der Waals surface area (Å²) in [6, 6.07) is 10.1. The molecule has 2 aromatic rings. The molecule has 0 aliphatic heterocycles. The lowest BCUT2D eigenvalue weighted by Crippen LogP contribution is -1.98. The first kappa shape index (κ1) is 10.6. The molecule has 0 aliphatic carbocycles. The van der Waals surface area contributed by atoms with Crippen molar-refractivity contribution in [2.75, 3.05) is 0 Å². The van der Waals surface area contributed by atoms with Crippen LogP contribution in [0.1, 0.15) is 16.7 Å². The van der Waals surface area contributed by atoms with Gasteiger partial charge in [0.15, 0.2) is 0 Å². The van der Waals surface area contributed by atoms with Crippen LogP contribution in [0, 0.1) is 13.8 Å². The Labute approximate surface area is 95.1 Å². The van der Waals surface area contributed by atoms with Crippen LogP contribution in [0.5, 0.6) is 5.88 Å². The third-order valence-corrected chi connectivity index (χ3v) is 2.24. The Kier molecular flexibility index (Phi) is 3.15. The molecular formula is C13H14N2O. The highest BCUT2D eigenvalue weighted by Crippen LogP contribution is 2.10. The van der Waals surface area contributed by atoms with Crippen LogP contribution in [0.15, 0.2) is 36.5 Å². The SMILES string of the molecule is Cc1cccc(COc2cc(C)cnn2)c1. The number of ether oxygens (including phenoxy) is 1. The van der Waals surface area contributed by atoms with E-state index >= 15 is 0 Å². The standard InChI is InChI=1S/C13H14N2O/c1-10-4-3-5-12(6-10)9-16-13-7-11(2)8-14-15-13/h3-8H,9H2,1-2H3. The van der Waals surface area contributed by atoms with Crippen molar-refractivity contribution in [1.29, 1.82) is 0 Å². The Balaban J connectivity index is 2.02. The second-order valence-electron chi connectivity index (χ2n) is 3.85. The van der Waals surface area contributed by atoms with Gasteiger partial charge in [-0.15, -0.1) is 5.10 Å². The summed E-state index contributed by atoms with van der Waals surface area (Å²) in [6.45, 7) is 4.56. The second-order valence-corrected chi connectivity index (χ2v) is 3.85. The molecule has 16 heavy (non-hydrogen) atoms. The molecule has 1 heterocycles. The Morgan fingerprint density at radius 2 is 2.00 bits per heavy atom. The lowest BCUT2D eigenvalue weighted by Gasteiger charge is -2.05. The lowest BCUT2D eigenvalue weighted by molar-refractivity contribution is 0.290. The van der Waals surface area contributed by atoms with E-state index in [4.69, 9.17) is 4.74 Å². The number of rotatable bonds is 3. The number of aryl methyl sites for hydroxylation is 2. The Bertz CT molecular complexity index is 437. The molecule has 0 aliphatic rings. The highest BCUT2D eigenvalue weighted by molar-refractivity contribution is 5.22. The van der Waals surface area contributed by atoms with Crippen molar-refractivity contribution in [2.45, 2.75) is 20.5 Å². The Hall–Kier alpha value is -1.90. The van der Waals surface area contributed by atoms with Crippen LogP contribution >= 0.6 is 0 Å². The van der Waals surface area contributed by atoms with Crippen LogP contribution < -0.4 is 4.74 Å². The molecule has 0 fully saturated rings. The second kappa shape index (κ2) is 4.75. The summed E-state index contributed by atoms with van der Waals surface area (Å²) >= 11 is 0. The minimum atomic E-state index is 0.528. The van der Waals surface area contributed by atoms with Gasteiger partial charge in [-0.3, -0.25) is 0 Å². The van der Waals surface area contributed by atoms with Gasteiger partial charge in [-0.1, -0.05) is 29.8 Å². The third-order valence-electron chi connectivity index (χ3n) is 2.24. The van der Waals surface area contributed by atoms with Crippen LogP contribution in [0.4, 0.5) is 0 Å². The molecule has 0 unspecified atom stereocenters. The van der Waals surface area contributed by atoms with E-state index in [9.17, 15) is 0 Å². The average Bonchev–Trinajstić information content (AvgIpc) is 2.27. The number of benzene rings is 1.